The van der Waals surface area contributed by atoms with Crippen molar-refractivity contribution in [3.8, 4) is 28.6 Å². The Hall–Kier alpha value is -3.68. The molecule has 0 saturated heterocycles. The number of aliphatic hydroxyl groups is 1. The molecule has 4 aromatic rings. The van der Waals surface area contributed by atoms with E-state index < -0.39 is 6.10 Å². The number of rotatable bonds is 12. The highest BCUT2D eigenvalue weighted by molar-refractivity contribution is 5.65. The van der Waals surface area contributed by atoms with Gasteiger partial charge < -0.3 is 14.6 Å². The predicted octanol–water partition coefficient (Wildman–Crippen LogP) is 5.67. The van der Waals surface area contributed by atoms with Crippen molar-refractivity contribution in [1.82, 2.24) is 14.7 Å². The van der Waals surface area contributed by atoms with Crippen LogP contribution in [0, 0.1) is 5.82 Å². The zero-order valence-electron chi connectivity index (χ0n) is 20.7. The Morgan fingerprint density at radius 1 is 0.944 bits per heavy atom. The van der Waals surface area contributed by atoms with Gasteiger partial charge in [0.25, 0.3) is 0 Å². The second-order valence-electron chi connectivity index (χ2n) is 8.69. The van der Waals surface area contributed by atoms with Gasteiger partial charge in [-0.3, -0.25) is 4.90 Å². The summed E-state index contributed by atoms with van der Waals surface area (Å²) >= 11 is 0. The van der Waals surface area contributed by atoms with Crippen LogP contribution < -0.4 is 9.47 Å². The average molecular weight is 490 g/mol. The predicted molar refractivity (Wildman–Crippen MR) is 139 cm³/mol. The first-order valence-electron chi connectivity index (χ1n) is 12.2. The second kappa shape index (κ2) is 12.3. The molecule has 1 aromatic heterocycles. The molecule has 1 heterocycles. The summed E-state index contributed by atoms with van der Waals surface area (Å²) < 4.78 is 27.1. The number of halogens is 1. The molecular formula is C29H32FN3O3. The number of aryl methyl sites for hydroxylation is 1. The van der Waals surface area contributed by atoms with Gasteiger partial charge in [0.15, 0.2) is 0 Å². The van der Waals surface area contributed by atoms with E-state index in [1.807, 2.05) is 67.7 Å². The van der Waals surface area contributed by atoms with E-state index in [9.17, 15) is 9.50 Å². The summed E-state index contributed by atoms with van der Waals surface area (Å²) in [7, 11) is 1.83. The highest BCUT2D eigenvalue weighted by Gasteiger charge is 2.23. The van der Waals surface area contributed by atoms with Gasteiger partial charge in [-0.1, -0.05) is 55.5 Å². The third-order valence-corrected chi connectivity index (χ3v) is 5.74. The smallest absolute Gasteiger partial charge is 0.222 e. The molecule has 0 spiro atoms. The quantitative estimate of drug-likeness (QED) is 0.278. The van der Waals surface area contributed by atoms with Crippen molar-refractivity contribution < 1.29 is 19.0 Å². The standard InChI is InChI=1S/C29H32FN3O3/c1-3-18-33(19-24(34)21-35-25-12-8-5-9-13-25)20-27-28(22-10-6-4-7-11-22)31-32(2)29(27)36-26-16-14-23(30)15-17-26/h4-17,24,34H,3,18-21H2,1-2H3/t24-/m0/s1. The summed E-state index contributed by atoms with van der Waals surface area (Å²) in [6.45, 7) is 4.03. The molecule has 0 aliphatic heterocycles. The fourth-order valence-electron chi connectivity index (χ4n) is 4.10. The van der Waals surface area contributed by atoms with E-state index in [-0.39, 0.29) is 12.4 Å². The molecule has 0 aliphatic rings. The molecule has 1 N–H and O–H groups in total. The summed E-state index contributed by atoms with van der Waals surface area (Å²) in [4.78, 5) is 2.18. The highest BCUT2D eigenvalue weighted by Crippen LogP contribution is 2.34. The fourth-order valence-corrected chi connectivity index (χ4v) is 4.10. The minimum absolute atomic E-state index is 0.196. The monoisotopic (exact) mass is 489 g/mol. The Balaban J connectivity index is 1.58. The van der Waals surface area contributed by atoms with Gasteiger partial charge in [0, 0.05) is 25.7 Å². The minimum Gasteiger partial charge on any atom is -0.491 e. The van der Waals surface area contributed by atoms with Gasteiger partial charge in [-0.05, 0) is 49.4 Å². The number of hydrogen-bond donors (Lipinski definition) is 1. The lowest BCUT2D eigenvalue weighted by molar-refractivity contribution is 0.0654. The number of nitrogens with zero attached hydrogens (tertiary/aromatic N) is 3. The molecule has 0 unspecified atom stereocenters. The van der Waals surface area contributed by atoms with Gasteiger partial charge in [-0.2, -0.15) is 5.10 Å². The van der Waals surface area contributed by atoms with E-state index in [0.717, 1.165) is 35.5 Å². The molecule has 6 nitrogen and oxygen atoms in total. The van der Waals surface area contributed by atoms with Gasteiger partial charge in [0.05, 0.1) is 5.56 Å². The number of hydrogen-bond acceptors (Lipinski definition) is 5. The number of aromatic nitrogens is 2. The zero-order valence-corrected chi connectivity index (χ0v) is 20.7. The summed E-state index contributed by atoms with van der Waals surface area (Å²) in [5, 5.41) is 15.5. The van der Waals surface area contributed by atoms with Crippen molar-refractivity contribution >= 4 is 0 Å². The largest absolute Gasteiger partial charge is 0.491 e. The lowest BCUT2D eigenvalue weighted by Crippen LogP contribution is -2.36. The molecule has 0 fully saturated rings. The summed E-state index contributed by atoms with van der Waals surface area (Å²) in [5.41, 5.74) is 2.69. The van der Waals surface area contributed by atoms with Crippen LogP contribution in [0.5, 0.6) is 17.4 Å². The maximum Gasteiger partial charge on any atom is 0.222 e. The van der Waals surface area contributed by atoms with Gasteiger partial charge >= 0.3 is 0 Å². The van der Waals surface area contributed by atoms with Crippen LogP contribution in [0.1, 0.15) is 18.9 Å². The molecule has 0 radical (unpaired) electrons. The average Bonchev–Trinajstić information content (AvgIpc) is 3.20. The molecule has 0 bridgehead atoms. The zero-order chi connectivity index (χ0) is 25.3. The maximum absolute atomic E-state index is 13.4. The molecule has 36 heavy (non-hydrogen) atoms. The van der Waals surface area contributed by atoms with Crippen LogP contribution in [-0.2, 0) is 13.6 Å². The van der Waals surface area contributed by atoms with Crippen molar-refractivity contribution in [3.05, 3.63) is 96.3 Å². The molecular weight excluding hydrogens is 457 g/mol. The van der Waals surface area contributed by atoms with E-state index in [4.69, 9.17) is 14.6 Å². The maximum atomic E-state index is 13.4. The first kappa shape index (κ1) is 25.4. The Morgan fingerprint density at radius 2 is 1.61 bits per heavy atom. The third kappa shape index (κ3) is 6.71. The van der Waals surface area contributed by atoms with Crippen molar-refractivity contribution in [2.24, 2.45) is 7.05 Å². The molecule has 3 aromatic carbocycles. The Kier molecular flexibility index (Phi) is 8.71. The Morgan fingerprint density at radius 3 is 2.28 bits per heavy atom. The Labute approximate surface area is 211 Å². The van der Waals surface area contributed by atoms with Gasteiger partial charge in [0.1, 0.15) is 35.7 Å². The number of benzene rings is 3. The number of para-hydroxylation sites is 1. The van der Waals surface area contributed by atoms with Crippen LogP contribution in [0.2, 0.25) is 0 Å². The first-order chi connectivity index (χ1) is 17.5. The van der Waals surface area contributed by atoms with E-state index in [1.54, 1.807) is 16.8 Å². The molecule has 0 aliphatic carbocycles. The molecule has 0 amide bonds. The van der Waals surface area contributed by atoms with Crippen LogP contribution in [0.15, 0.2) is 84.9 Å². The SMILES string of the molecule is CCCN(Cc1c(-c2ccccc2)nn(C)c1Oc1ccc(F)cc1)C[C@H](O)COc1ccccc1. The molecule has 0 saturated carbocycles. The minimum atomic E-state index is -0.671. The number of aliphatic hydroxyl groups excluding tert-OH is 1. The van der Waals surface area contributed by atoms with Crippen molar-refractivity contribution in [1.29, 1.82) is 0 Å². The van der Waals surface area contributed by atoms with E-state index >= 15 is 0 Å². The van der Waals surface area contributed by atoms with E-state index in [2.05, 4.69) is 11.8 Å². The van der Waals surface area contributed by atoms with Crippen LogP contribution in [0.25, 0.3) is 11.3 Å². The van der Waals surface area contributed by atoms with Crippen LogP contribution >= 0.6 is 0 Å². The van der Waals surface area contributed by atoms with Crippen LogP contribution in [0.4, 0.5) is 4.39 Å². The summed E-state index contributed by atoms with van der Waals surface area (Å²) in [5.74, 6) is 1.51. The van der Waals surface area contributed by atoms with E-state index in [1.165, 1.54) is 12.1 Å². The molecule has 1 atom stereocenters. The first-order valence-corrected chi connectivity index (χ1v) is 12.2. The van der Waals surface area contributed by atoms with Crippen molar-refractivity contribution in [3.63, 3.8) is 0 Å². The molecule has 7 heteroatoms. The lowest BCUT2D eigenvalue weighted by Gasteiger charge is -2.25. The third-order valence-electron chi connectivity index (χ3n) is 5.74. The van der Waals surface area contributed by atoms with Crippen LogP contribution in [0.3, 0.4) is 0 Å². The number of ether oxygens (including phenoxy) is 2. The topological polar surface area (TPSA) is 59.8 Å². The second-order valence-corrected chi connectivity index (χ2v) is 8.69. The van der Waals surface area contributed by atoms with Gasteiger partial charge in [-0.15, -0.1) is 0 Å². The van der Waals surface area contributed by atoms with Crippen molar-refractivity contribution in [2.75, 3.05) is 19.7 Å². The summed E-state index contributed by atoms with van der Waals surface area (Å²) in [6, 6.07) is 25.4. The van der Waals surface area contributed by atoms with Crippen molar-refractivity contribution in [2.45, 2.75) is 26.0 Å². The molecule has 4 rings (SSSR count). The van der Waals surface area contributed by atoms with Gasteiger partial charge in [-0.25, -0.2) is 9.07 Å². The normalized spacial score (nSPS) is 12.0. The van der Waals surface area contributed by atoms with Crippen LogP contribution in [-0.4, -0.2) is 45.6 Å². The fraction of sp³-hybridized carbons (Fsp3) is 0.276. The molecule has 188 valence electrons. The lowest BCUT2D eigenvalue weighted by atomic mass is 10.1. The van der Waals surface area contributed by atoms with Gasteiger partial charge in [0.2, 0.25) is 5.88 Å². The highest BCUT2D eigenvalue weighted by atomic mass is 19.1. The van der Waals surface area contributed by atoms with E-state index in [0.29, 0.717) is 24.7 Å². The Bertz CT molecular complexity index is 1210. The summed E-state index contributed by atoms with van der Waals surface area (Å²) in [6.07, 6.45) is 0.247.